The monoisotopic (exact) mass is 356 g/mol. The van der Waals surface area contributed by atoms with Crippen molar-refractivity contribution < 1.29 is 19.1 Å². The summed E-state index contributed by atoms with van der Waals surface area (Å²) in [5.41, 5.74) is 2.22. The molecule has 0 aliphatic heterocycles. The lowest BCUT2D eigenvalue weighted by atomic mass is 10.2. The van der Waals surface area contributed by atoms with Gasteiger partial charge in [-0.05, 0) is 42.8 Å². The van der Waals surface area contributed by atoms with Gasteiger partial charge < -0.3 is 19.7 Å². The third kappa shape index (κ3) is 5.24. The van der Waals surface area contributed by atoms with Crippen molar-refractivity contribution in [1.29, 1.82) is 0 Å². The van der Waals surface area contributed by atoms with Gasteiger partial charge in [-0.2, -0.15) is 0 Å². The first-order valence-electron chi connectivity index (χ1n) is 8.29. The average molecular weight is 356 g/mol. The molecule has 0 unspecified atom stereocenters. The molecular formula is C20H24N2O4. The number of hydrogen-bond acceptors (Lipinski definition) is 5. The number of anilines is 1. The molecule has 6 heteroatoms. The number of nitrogens with zero attached hydrogens (tertiary/aromatic N) is 1. The maximum Gasteiger partial charge on any atom is 0.338 e. The predicted octanol–water partition coefficient (Wildman–Crippen LogP) is 2.62. The number of carbonyl (C=O) groups excluding carboxylic acids is 2. The fraction of sp³-hybridized carbons (Fsp3) is 0.300. The van der Waals surface area contributed by atoms with Gasteiger partial charge in [0.1, 0.15) is 5.75 Å². The van der Waals surface area contributed by atoms with E-state index in [2.05, 4.69) is 5.32 Å². The zero-order chi connectivity index (χ0) is 19.1. The number of amides is 1. The van der Waals surface area contributed by atoms with Gasteiger partial charge in [-0.25, -0.2) is 4.79 Å². The van der Waals surface area contributed by atoms with E-state index in [0.717, 1.165) is 17.0 Å². The summed E-state index contributed by atoms with van der Waals surface area (Å²) in [4.78, 5) is 26.3. The molecule has 1 atom stereocenters. The van der Waals surface area contributed by atoms with Gasteiger partial charge in [-0.3, -0.25) is 4.79 Å². The molecule has 0 fully saturated rings. The van der Waals surface area contributed by atoms with Crippen LogP contribution in [-0.4, -0.2) is 39.2 Å². The van der Waals surface area contributed by atoms with Gasteiger partial charge in [0.05, 0.1) is 12.7 Å². The second kappa shape index (κ2) is 8.89. The minimum absolute atomic E-state index is 0.348. The molecule has 0 heterocycles. The molecule has 1 amide bonds. The molecule has 26 heavy (non-hydrogen) atoms. The Kier molecular flexibility index (Phi) is 6.60. The Bertz CT molecular complexity index is 757. The fourth-order valence-electron chi connectivity index (χ4n) is 2.27. The van der Waals surface area contributed by atoms with E-state index in [9.17, 15) is 9.59 Å². The first kappa shape index (κ1) is 19.3. The molecule has 0 spiro atoms. The van der Waals surface area contributed by atoms with Gasteiger partial charge in [0.15, 0.2) is 6.10 Å². The highest BCUT2D eigenvalue weighted by molar-refractivity contribution is 5.93. The smallest absolute Gasteiger partial charge is 0.338 e. The van der Waals surface area contributed by atoms with Crippen LogP contribution in [0.4, 0.5) is 5.69 Å². The molecule has 0 radical (unpaired) electrons. The van der Waals surface area contributed by atoms with E-state index in [-0.39, 0.29) is 5.91 Å². The van der Waals surface area contributed by atoms with Crippen LogP contribution in [0.1, 0.15) is 22.8 Å². The minimum atomic E-state index is -0.885. The molecule has 2 aromatic carbocycles. The lowest BCUT2D eigenvalue weighted by Crippen LogP contribution is -2.35. The Morgan fingerprint density at radius 3 is 2.42 bits per heavy atom. The fourth-order valence-corrected chi connectivity index (χ4v) is 2.27. The number of carbonyl (C=O) groups is 2. The topological polar surface area (TPSA) is 67.9 Å². The first-order chi connectivity index (χ1) is 12.4. The van der Waals surface area contributed by atoms with Gasteiger partial charge in [0.25, 0.3) is 5.91 Å². The molecule has 2 aromatic rings. The van der Waals surface area contributed by atoms with Crippen LogP contribution >= 0.6 is 0 Å². The molecule has 138 valence electrons. The predicted molar refractivity (Wildman–Crippen MR) is 100 cm³/mol. The second-order valence-corrected chi connectivity index (χ2v) is 6.06. The number of rotatable bonds is 7. The van der Waals surface area contributed by atoms with Gasteiger partial charge in [-0.1, -0.05) is 18.2 Å². The van der Waals surface area contributed by atoms with Crippen LogP contribution < -0.4 is 15.0 Å². The van der Waals surface area contributed by atoms with E-state index in [0.29, 0.717) is 12.1 Å². The summed E-state index contributed by atoms with van der Waals surface area (Å²) in [7, 11) is 5.38. The molecule has 0 aliphatic carbocycles. The quantitative estimate of drug-likeness (QED) is 0.773. The summed E-state index contributed by atoms with van der Waals surface area (Å²) in [5.74, 6) is -0.124. The number of esters is 1. The highest BCUT2D eigenvalue weighted by Crippen LogP contribution is 2.15. The highest BCUT2D eigenvalue weighted by atomic mass is 16.5. The molecule has 0 saturated carbocycles. The lowest BCUT2D eigenvalue weighted by Gasteiger charge is -2.16. The molecule has 6 nitrogen and oxygen atoms in total. The number of benzene rings is 2. The molecular weight excluding hydrogens is 332 g/mol. The summed E-state index contributed by atoms with van der Waals surface area (Å²) in [5, 5.41) is 2.76. The second-order valence-electron chi connectivity index (χ2n) is 6.06. The third-order valence-electron chi connectivity index (χ3n) is 3.88. The Morgan fingerprint density at radius 2 is 1.81 bits per heavy atom. The van der Waals surface area contributed by atoms with Gasteiger partial charge in [-0.15, -0.1) is 0 Å². The third-order valence-corrected chi connectivity index (χ3v) is 3.88. The Labute approximate surface area is 153 Å². The normalized spacial score (nSPS) is 11.4. The van der Waals surface area contributed by atoms with E-state index in [1.54, 1.807) is 32.2 Å². The molecule has 1 N–H and O–H groups in total. The summed E-state index contributed by atoms with van der Waals surface area (Å²) in [6, 6.07) is 14.4. The molecule has 0 aromatic heterocycles. The summed E-state index contributed by atoms with van der Waals surface area (Å²) >= 11 is 0. The standard InChI is InChI=1S/C20H24N2O4/c1-14(19(23)21-13-15-8-10-18(25-4)11-9-15)26-20(24)16-6-5-7-17(12-16)22(2)3/h5-12,14H,13H2,1-4H3,(H,21,23)/t14-/m1/s1. The van der Waals surface area contributed by atoms with Crippen LogP contribution in [-0.2, 0) is 16.1 Å². The lowest BCUT2D eigenvalue weighted by molar-refractivity contribution is -0.129. The van der Waals surface area contributed by atoms with Gasteiger partial charge >= 0.3 is 5.97 Å². The van der Waals surface area contributed by atoms with Crippen molar-refractivity contribution in [2.24, 2.45) is 0 Å². The number of hydrogen-bond donors (Lipinski definition) is 1. The van der Waals surface area contributed by atoms with Gasteiger partial charge in [0.2, 0.25) is 0 Å². The average Bonchev–Trinajstić information content (AvgIpc) is 2.66. The minimum Gasteiger partial charge on any atom is -0.497 e. The Morgan fingerprint density at radius 1 is 1.12 bits per heavy atom. The van der Waals surface area contributed by atoms with E-state index in [4.69, 9.17) is 9.47 Å². The maximum atomic E-state index is 12.2. The van der Waals surface area contributed by atoms with E-state index >= 15 is 0 Å². The summed E-state index contributed by atoms with van der Waals surface area (Å²) < 4.78 is 10.4. The Hall–Kier alpha value is -3.02. The summed E-state index contributed by atoms with van der Waals surface area (Å²) in [6.07, 6.45) is -0.885. The van der Waals surface area contributed by atoms with Crippen molar-refractivity contribution in [3.8, 4) is 5.75 Å². The van der Waals surface area contributed by atoms with Crippen LogP contribution in [0.3, 0.4) is 0 Å². The van der Waals surface area contributed by atoms with Gasteiger partial charge in [0, 0.05) is 26.3 Å². The summed E-state index contributed by atoms with van der Waals surface area (Å²) in [6.45, 7) is 1.90. The molecule has 0 saturated heterocycles. The zero-order valence-corrected chi connectivity index (χ0v) is 15.5. The van der Waals surface area contributed by atoms with Crippen LogP contribution in [0.25, 0.3) is 0 Å². The van der Waals surface area contributed by atoms with E-state index in [1.807, 2.05) is 49.3 Å². The van der Waals surface area contributed by atoms with Crippen molar-refractivity contribution in [1.82, 2.24) is 5.32 Å². The van der Waals surface area contributed by atoms with Crippen LogP contribution in [0.5, 0.6) is 5.75 Å². The van der Waals surface area contributed by atoms with E-state index in [1.165, 1.54) is 0 Å². The van der Waals surface area contributed by atoms with Crippen molar-refractivity contribution in [2.75, 3.05) is 26.1 Å². The maximum absolute atomic E-state index is 12.2. The Balaban J connectivity index is 1.89. The molecule has 0 bridgehead atoms. The largest absolute Gasteiger partial charge is 0.497 e. The SMILES string of the molecule is COc1ccc(CNC(=O)[C@@H](C)OC(=O)c2cccc(N(C)C)c2)cc1. The number of ether oxygens (including phenoxy) is 2. The number of methoxy groups -OCH3 is 1. The molecule has 2 rings (SSSR count). The zero-order valence-electron chi connectivity index (χ0n) is 15.5. The molecule has 0 aliphatic rings. The van der Waals surface area contributed by atoms with Crippen molar-refractivity contribution in [2.45, 2.75) is 19.6 Å². The van der Waals surface area contributed by atoms with Crippen LogP contribution in [0, 0.1) is 0 Å². The highest BCUT2D eigenvalue weighted by Gasteiger charge is 2.19. The van der Waals surface area contributed by atoms with Crippen molar-refractivity contribution in [3.63, 3.8) is 0 Å². The van der Waals surface area contributed by atoms with Crippen molar-refractivity contribution >= 4 is 17.6 Å². The van der Waals surface area contributed by atoms with Crippen LogP contribution in [0.2, 0.25) is 0 Å². The van der Waals surface area contributed by atoms with Crippen LogP contribution in [0.15, 0.2) is 48.5 Å². The first-order valence-corrected chi connectivity index (χ1v) is 8.29. The van der Waals surface area contributed by atoms with E-state index < -0.39 is 12.1 Å². The van der Waals surface area contributed by atoms with Crippen molar-refractivity contribution in [3.05, 3.63) is 59.7 Å². The number of nitrogens with one attached hydrogen (secondary N) is 1.